The monoisotopic (exact) mass is 202 g/mol. The molecule has 2 rings (SSSR count). The lowest BCUT2D eigenvalue weighted by molar-refractivity contribution is 0.734. The largest absolute Gasteiger partial charge is 0.344 e. The van der Waals surface area contributed by atoms with Gasteiger partial charge in [0, 0.05) is 24.2 Å². The van der Waals surface area contributed by atoms with Crippen molar-refractivity contribution in [1.82, 2.24) is 4.98 Å². The molecule has 0 bridgehead atoms. The van der Waals surface area contributed by atoms with Gasteiger partial charge in [0.05, 0.1) is 5.38 Å². The van der Waals surface area contributed by atoms with Crippen LogP contribution in [0.1, 0.15) is 13.3 Å². The molecule has 66 valence electrons. The molecule has 4 heteroatoms. The van der Waals surface area contributed by atoms with E-state index in [1.165, 1.54) is 0 Å². The molecule has 1 fully saturated rings. The Balaban J connectivity index is 2.15. The van der Waals surface area contributed by atoms with E-state index in [0.29, 0.717) is 11.4 Å². The van der Waals surface area contributed by atoms with Crippen molar-refractivity contribution in [3.05, 3.63) is 11.6 Å². The zero-order valence-electron chi connectivity index (χ0n) is 6.90. The normalized spacial score (nSPS) is 29.7. The van der Waals surface area contributed by atoms with Crippen LogP contribution in [0.4, 0.5) is 5.13 Å². The summed E-state index contributed by atoms with van der Waals surface area (Å²) >= 11 is 7.74. The summed E-state index contributed by atoms with van der Waals surface area (Å²) in [6.45, 7) is 3.14. The average Bonchev–Trinajstić information content (AvgIpc) is 2.58. The Hall–Kier alpha value is -0.280. The predicted molar refractivity (Wildman–Crippen MR) is 53.2 cm³/mol. The van der Waals surface area contributed by atoms with Gasteiger partial charge in [0.15, 0.2) is 5.13 Å². The molecule has 0 N–H and O–H groups in total. The van der Waals surface area contributed by atoms with Gasteiger partial charge in [0.1, 0.15) is 0 Å². The number of thiazole rings is 1. The van der Waals surface area contributed by atoms with Crippen LogP contribution in [0.2, 0.25) is 0 Å². The number of nitrogens with zero attached hydrogens (tertiary/aromatic N) is 2. The average molecular weight is 203 g/mol. The minimum atomic E-state index is 0.295. The second-order valence-corrected chi connectivity index (χ2v) is 4.64. The van der Waals surface area contributed by atoms with Gasteiger partial charge in [-0.15, -0.1) is 22.9 Å². The molecule has 1 aliphatic heterocycles. The molecule has 2 heterocycles. The van der Waals surface area contributed by atoms with Crippen molar-refractivity contribution in [3.8, 4) is 0 Å². The Kier molecular flexibility index (Phi) is 2.24. The Labute approximate surface area is 81.2 Å². The highest BCUT2D eigenvalue weighted by Crippen LogP contribution is 2.29. The number of anilines is 1. The van der Waals surface area contributed by atoms with E-state index in [4.69, 9.17) is 11.6 Å². The summed E-state index contributed by atoms with van der Waals surface area (Å²) < 4.78 is 0. The van der Waals surface area contributed by atoms with Crippen molar-refractivity contribution in [3.63, 3.8) is 0 Å². The third kappa shape index (κ3) is 1.43. The van der Waals surface area contributed by atoms with Crippen LogP contribution in [0.25, 0.3) is 0 Å². The van der Waals surface area contributed by atoms with Crippen molar-refractivity contribution in [2.45, 2.75) is 24.8 Å². The fourth-order valence-electron chi connectivity index (χ4n) is 1.59. The molecular formula is C8H11ClN2S. The fraction of sp³-hybridized carbons (Fsp3) is 0.625. The second kappa shape index (κ2) is 3.23. The predicted octanol–water partition coefficient (Wildman–Crippen LogP) is 2.35. The third-order valence-corrected chi connectivity index (χ3v) is 3.31. The third-order valence-electron chi connectivity index (χ3n) is 2.19. The molecule has 2 nitrogen and oxygen atoms in total. The molecule has 0 radical (unpaired) electrons. The topological polar surface area (TPSA) is 16.1 Å². The van der Waals surface area contributed by atoms with Gasteiger partial charge in [-0.3, -0.25) is 0 Å². The maximum Gasteiger partial charge on any atom is 0.185 e. The number of alkyl halides is 1. The molecule has 1 aliphatic rings. The van der Waals surface area contributed by atoms with Crippen LogP contribution >= 0.6 is 22.9 Å². The highest BCUT2D eigenvalue weighted by atomic mass is 35.5. The molecule has 0 saturated carbocycles. The number of halogens is 1. The Morgan fingerprint density at radius 2 is 2.58 bits per heavy atom. The van der Waals surface area contributed by atoms with Crippen molar-refractivity contribution in [2.75, 3.05) is 11.4 Å². The van der Waals surface area contributed by atoms with Gasteiger partial charge < -0.3 is 4.90 Å². The maximum atomic E-state index is 6.05. The van der Waals surface area contributed by atoms with E-state index >= 15 is 0 Å². The Morgan fingerprint density at radius 1 is 1.75 bits per heavy atom. The summed E-state index contributed by atoms with van der Waals surface area (Å²) in [5.74, 6) is 0. The molecule has 2 unspecified atom stereocenters. The zero-order chi connectivity index (χ0) is 8.55. The van der Waals surface area contributed by atoms with E-state index < -0.39 is 0 Å². The smallest absolute Gasteiger partial charge is 0.185 e. The van der Waals surface area contributed by atoms with Crippen molar-refractivity contribution < 1.29 is 0 Å². The van der Waals surface area contributed by atoms with Crippen LogP contribution in [0.5, 0.6) is 0 Å². The van der Waals surface area contributed by atoms with E-state index in [2.05, 4.69) is 16.8 Å². The lowest BCUT2D eigenvalue weighted by Gasteiger charge is -2.19. The summed E-state index contributed by atoms with van der Waals surface area (Å²) in [6.07, 6.45) is 2.91. The molecule has 12 heavy (non-hydrogen) atoms. The molecule has 0 spiro atoms. The van der Waals surface area contributed by atoms with Gasteiger partial charge in [-0.25, -0.2) is 4.98 Å². The van der Waals surface area contributed by atoms with Crippen LogP contribution < -0.4 is 4.90 Å². The van der Waals surface area contributed by atoms with Crippen molar-refractivity contribution >= 4 is 28.1 Å². The van der Waals surface area contributed by atoms with Gasteiger partial charge in [0.2, 0.25) is 0 Å². The summed E-state index contributed by atoms with van der Waals surface area (Å²) in [4.78, 5) is 6.55. The summed E-state index contributed by atoms with van der Waals surface area (Å²) in [5.41, 5.74) is 0. The molecular weight excluding hydrogens is 192 g/mol. The Morgan fingerprint density at radius 3 is 3.08 bits per heavy atom. The van der Waals surface area contributed by atoms with Gasteiger partial charge >= 0.3 is 0 Å². The first-order valence-corrected chi connectivity index (χ1v) is 5.39. The first kappa shape index (κ1) is 8.32. The maximum absolute atomic E-state index is 6.05. The highest BCUT2D eigenvalue weighted by Gasteiger charge is 2.28. The van der Waals surface area contributed by atoms with Crippen LogP contribution in [0.15, 0.2) is 11.6 Å². The molecule has 2 atom stereocenters. The SMILES string of the molecule is CC1CC(Cl)CN1c1nccs1. The minimum absolute atomic E-state index is 0.295. The van der Waals surface area contributed by atoms with Crippen LogP contribution in [-0.4, -0.2) is 22.9 Å². The first-order valence-electron chi connectivity index (χ1n) is 4.07. The zero-order valence-corrected chi connectivity index (χ0v) is 8.48. The lowest BCUT2D eigenvalue weighted by atomic mass is 10.2. The van der Waals surface area contributed by atoms with Crippen LogP contribution in [0.3, 0.4) is 0 Å². The summed E-state index contributed by atoms with van der Waals surface area (Å²) in [7, 11) is 0. The number of hydrogen-bond acceptors (Lipinski definition) is 3. The first-order chi connectivity index (χ1) is 5.77. The number of hydrogen-bond donors (Lipinski definition) is 0. The van der Waals surface area contributed by atoms with E-state index in [1.54, 1.807) is 11.3 Å². The molecule has 0 aliphatic carbocycles. The van der Waals surface area contributed by atoms with E-state index in [9.17, 15) is 0 Å². The quantitative estimate of drug-likeness (QED) is 0.650. The standard InChI is InChI=1S/C8H11ClN2S/c1-6-4-7(9)5-11(6)8-10-2-3-12-8/h2-3,6-7H,4-5H2,1H3. The molecule has 0 aromatic carbocycles. The van der Waals surface area contributed by atoms with E-state index in [-0.39, 0.29) is 0 Å². The molecule has 1 aromatic heterocycles. The van der Waals surface area contributed by atoms with E-state index in [0.717, 1.165) is 18.1 Å². The molecule has 0 amide bonds. The van der Waals surface area contributed by atoms with Gasteiger partial charge in [-0.05, 0) is 13.3 Å². The molecule has 1 saturated heterocycles. The van der Waals surface area contributed by atoms with Crippen molar-refractivity contribution in [1.29, 1.82) is 0 Å². The van der Waals surface area contributed by atoms with E-state index in [1.807, 2.05) is 11.6 Å². The van der Waals surface area contributed by atoms with Gasteiger partial charge in [-0.2, -0.15) is 0 Å². The number of aromatic nitrogens is 1. The van der Waals surface area contributed by atoms with Crippen LogP contribution in [0, 0.1) is 0 Å². The van der Waals surface area contributed by atoms with Gasteiger partial charge in [0.25, 0.3) is 0 Å². The van der Waals surface area contributed by atoms with Gasteiger partial charge in [-0.1, -0.05) is 0 Å². The highest BCUT2D eigenvalue weighted by molar-refractivity contribution is 7.13. The minimum Gasteiger partial charge on any atom is -0.344 e. The Bertz CT molecular complexity index is 250. The van der Waals surface area contributed by atoms with Crippen molar-refractivity contribution in [2.24, 2.45) is 0 Å². The van der Waals surface area contributed by atoms with Crippen LogP contribution in [-0.2, 0) is 0 Å². The summed E-state index contributed by atoms with van der Waals surface area (Å²) in [6, 6.07) is 0.540. The molecule has 1 aromatic rings. The fourth-order valence-corrected chi connectivity index (χ4v) is 2.75. The lowest BCUT2D eigenvalue weighted by Crippen LogP contribution is -2.26. The summed E-state index contributed by atoms with van der Waals surface area (Å²) in [5, 5.41) is 3.40. The number of rotatable bonds is 1. The second-order valence-electron chi connectivity index (χ2n) is 3.15.